The quantitative estimate of drug-likeness (QED) is 0.429. The summed E-state index contributed by atoms with van der Waals surface area (Å²) >= 11 is 1.65. The Morgan fingerprint density at radius 1 is 1.00 bits per heavy atom. The first kappa shape index (κ1) is 24.8. The number of hydrogen-bond donors (Lipinski definition) is 1. The number of sulfonamides is 1. The summed E-state index contributed by atoms with van der Waals surface area (Å²) < 4.78 is 33.1. The van der Waals surface area contributed by atoms with Crippen LogP contribution in [0.3, 0.4) is 0 Å². The van der Waals surface area contributed by atoms with Crippen LogP contribution in [-0.4, -0.2) is 38.5 Å². The minimum atomic E-state index is -3.91. The van der Waals surface area contributed by atoms with Gasteiger partial charge in [-0.2, -0.15) is 4.31 Å². The van der Waals surface area contributed by atoms with Crippen LogP contribution < -0.4 is 10.1 Å². The van der Waals surface area contributed by atoms with Gasteiger partial charge in [0.05, 0.1) is 24.6 Å². The van der Waals surface area contributed by atoms with E-state index in [-0.39, 0.29) is 29.9 Å². The lowest BCUT2D eigenvalue weighted by Crippen LogP contribution is -2.41. The van der Waals surface area contributed by atoms with Gasteiger partial charge in [0.25, 0.3) is 0 Å². The molecule has 33 heavy (non-hydrogen) atoms. The van der Waals surface area contributed by atoms with E-state index in [0.717, 1.165) is 16.0 Å². The first-order chi connectivity index (χ1) is 15.8. The molecular formula is C25H28N2O4S2. The van der Waals surface area contributed by atoms with Crippen molar-refractivity contribution in [3.8, 4) is 5.75 Å². The molecule has 0 heterocycles. The van der Waals surface area contributed by atoms with Crippen molar-refractivity contribution in [1.29, 1.82) is 0 Å². The number of ether oxygens (including phenoxy) is 1. The molecule has 0 saturated heterocycles. The molecule has 3 aromatic carbocycles. The zero-order valence-electron chi connectivity index (χ0n) is 18.9. The van der Waals surface area contributed by atoms with Gasteiger partial charge in [0.2, 0.25) is 15.9 Å². The van der Waals surface area contributed by atoms with Gasteiger partial charge < -0.3 is 10.1 Å². The van der Waals surface area contributed by atoms with Crippen LogP contribution in [0.25, 0.3) is 0 Å². The zero-order chi connectivity index (χ0) is 23.8. The van der Waals surface area contributed by atoms with E-state index in [0.29, 0.717) is 5.75 Å². The van der Waals surface area contributed by atoms with Crippen LogP contribution in [0.2, 0.25) is 0 Å². The SMILES string of the molecule is COc1ccc(S(=O)(=O)N(CC(=O)N[C@H](C)c2ccc(SC)cc2)Cc2ccccc2)cc1. The van der Waals surface area contributed by atoms with Gasteiger partial charge in [0.15, 0.2) is 0 Å². The van der Waals surface area contributed by atoms with E-state index in [2.05, 4.69) is 5.32 Å². The minimum Gasteiger partial charge on any atom is -0.497 e. The molecule has 174 valence electrons. The van der Waals surface area contributed by atoms with Crippen molar-refractivity contribution >= 4 is 27.7 Å². The maximum Gasteiger partial charge on any atom is 0.243 e. The van der Waals surface area contributed by atoms with Crippen molar-refractivity contribution < 1.29 is 17.9 Å². The lowest BCUT2D eigenvalue weighted by atomic mass is 10.1. The van der Waals surface area contributed by atoms with Crippen LogP contribution in [-0.2, 0) is 21.4 Å². The molecule has 0 fully saturated rings. The zero-order valence-corrected chi connectivity index (χ0v) is 20.5. The molecule has 0 bridgehead atoms. The molecule has 0 aliphatic rings. The predicted octanol–water partition coefficient (Wildman–Crippen LogP) is 4.49. The lowest BCUT2D eigenvalue weighted by Gasteiger charge is -2.23. The maximum atomic E-state index is 13.4. The lowest BCUT2D eigenvalue weighted by molar-refractivity contribution is -0.122. The minimum absolute atomic E-state index is 0.0828. The number of thioether (sulfide) groups is 1. The summed E-state index contributed by atoms with van der Waals surface area (Å²) in [7, 11) is -2.40. The van der Waals surface area contributed by atoms with Crippen molar-refractivity contribution in [2.75, 3.05) is 19.9 Å². The number of carbonyl (C=O) groups excluding carboxylic acids is 1. The van der Waals surface area contributed by atoms with Crippen LogP contribution >= 0.6 is 11.8 Å². The molecule has 0 saturated carbocycles. The Hall–Kier alpha value is -2.81. The highest BCUT2D eigenvalue weighted by Gasteiger charge is 2.27. The van der Waals surface area contributed by atoms with Crippen LogP contribution in [0, 0.1) is 0 Å². The van der Waals surface area contributed by atoms with Gasteiger partial charge in [-0.3, -0.25) is 4.79 Å². The number of amides is 1. The second-order valence-electron chi connectivity index (χ2n) is 7.50. The predicted molar refractivity (Wildman–Crippen MR) is 132 cm³/mol. The highest BCUT2D eigenvalue weighted by molar-refractivity contribution is 7.98. The maximum absolute atomic E-state index is 13.4. The summed E-state index contributed by atoms with van der Waals surface area (Å²) in [6.45, 7) is 1.67. The van der Waals surface area contributed by atoms with Gasteiger partial charge in [0.1, 0.15) is 5.75 Å². The molecule has 8 heteroatoms. The molecule has 0 unspecified atom stereocenters. The highest BCUT2D eigenvalue weighted by Crippen LogP contribution is 2.22. The van der Waals surface area contributed by atoms with Gasteiger partial charge in [-0.05, 0) is 60.7 Å². The van der Waals surface area contributed by atoms with E-state index in [1.165, 1.54) is 23.5 Å². The van der Waals surface area contributed by atoms with Gasteiger partial charge in [-0.1, -0.05) is 42.5 Å². The standard InChI is InChI=1S/C25H28N2O4S2/c1-19(21-9-13-23(32-3)14-10-21)26-25(28)18-27(17-20-7-5-4-6-8-20)33(29,30)24-15-11-22(31-2)12-16-24/h4-16,19H,17-18H2,1-3H3,(H,26,28)/t19-/m1/s1. The highest BCUT2D eigenvalue weighted by atomic mass is 32.2. The van der Waals surface area contributed by atoms with Gasteiger partial charge in [-0.25, -0.2) is 8.42 Å². The van der Waals surface area contributed by atoms with Gasteiger partial charge in [0, 0.05) is 11.4 Å². The van der Waals surface area contributed by atoms with Crippen LogP contribution in [0.4, 0.5) is 0 Å². The summed E-state index contributed by atoms with van der Waals surface area (Å²) in [4.78, 5) is 14.1. The fourth-order valence-electron chi connectivity index (χ4n) is 3.33. The second kappa shape index (κ2) is 11.4. The Labute approximate surface area is 200 Å². The Bertz CT molecular complexity index is 1150. The molecule has 6 nitrogen and oxygen atoms in total. The molecule has 1 amide bonds. The summed E-state index contributed by atoms with van der Waals surface area (Å²) in [5, 5.41) is 2.92. The Balaban J connectivity index is 1.80. The monoisotopic (exact) mass is 484 g/mol. The number of nitrogens with one attached hydrogen (secondary N) is 1. The average molecular weight is 485 g/mol. The molecule has 0 spiro atoms. The molecule has 3 rings (SSSR count). The van der Waals surface area contributed by atoms with E-state index in [1.807, 2.05) is 67.8 Å². The first-order valence-corrected chi connectivity index (χ1v) is 13.1. The number of nitrogens with zero attached hydrogens (tertiary/aromatic N) is 1. The Morgan fingerprint density at radius 3 is 2.21 bits per heavy atom. The third-order valence-electron chi connectivity index (χ3n) is 5.21. The number of methoxy groups -OCH3 is 1. The number of hydrogen-bond acceptors (Lipinski definition) is 5. The average Bonchev–Trinajstić information content (AvgIpc) is 2.84. The summed E-state index contributed by atoms with van der Waals surface area (Å²) in [5.74, 6) is 0.187. The molecule has 0 aliphatic carbocycles. The molecule has 3 aromatic rings. The summed E-state index contributed by atoms with van der Waals surface area (Å²) in [6.07, 6.45) is 2.00. The first-order valence-electron chi connectivity index (χ1n) is 10.4. The smallest absolute Gasteiger partial charge is 0.243 e. The van der Waals surface area contributed by atoms with E-state index < -0.39 is 10.0 Å². The third-order valence-corrected chi connectivity index (χ3v) is 7.76. The molecule has 1 N–H and O–H groups in total. The van der Waals surface area contributed by atoms with Crippen molar-refractivity contribution in [2.24, 2.45) is 0 Å². The number of rotatable bonds is 10. The van der Waals surface area contributed by atoms with Crippen LogP contribution in [0.5, 0.6) is 5.75 Å². The largest absolute Gasteiger partial charge is 0.497 e. The normalized spacial score (nSPS) is 12.4. The second-order valence-corrected chi connectivity index (χ2v) is 10.3. The van der Waals surface area contributed by atoms with Gasteiger partial charge in [-0.15, -0.1) is 11.8 Å². The van der Waals surface area contributed by atoms with E-state index >= 15 is 0 Å². The van der Waals surface area contributed by atoms with E-state index in [1.54, 1.807) is 23.9 Å². The number of carbonyl (C=O) groups is 1. The Kier molecular flexibility index (Phi) is 8.55. The molecule has 0 aliphatic heterocycles. The topological polar surface area (TPSA) is 75.7 Å². The van der Waals surface area contributed by atoms with Crippen molar-refractivity contribution in [1.82, 2.24) is 9.62 Å². The van der Waals surface area contributed by atoms with E-state index in [9.17, 15) is 13.2 Å². The fourth-order valence-corrected chi connectivity index (χ4v) is 5.13. The number of benzene rings is 3. The fraction of sp³-hybridized carbons (Fsp3) is 0.240. The van der Waals surface area contributed by atoms with Crippen LogP contribution in [0.15, 0.2) is 88.7 Å². The van der Waals surface area contributed by atoms with Crippen molar-refractivity contribution in [2.45, 2.75) is 29.3 Å². The van der Waals surface area contributed by atoms with E-state index in [4.69, 9.17) is 4.74 Å². The molecule has 0 aromatic heterocycles. The Morgan fingerprint density at radius 2 is 1.64 bits per heavy atom. The van der Waals surface area contributed by atoms with Crippen molar-refractivity contribution in [3.63, 3.8) is 0 Å². The summed E-state index contributed by atoms with van der Waals surface area (Å²) in [5.41, 5.74) is 1.75. The molecule has 0 radical (unpaired) electrons. The third kappa shape index (κ3) is 6.60. The summed E-state index contributed by atoms with van der Waals surface area (Å²) in [6, 6.07) is 23.0. The molecule has 1 atom stereocenters. The van der Waals surface area contributed by atoms with Crippen molar-refractivity contribution in [3.05, 3.63) is 90.0 Å². The van der Waals surface area contributed by atoms with Gasteiger partial charge >= 0.3 is 0 Å². The molecular weight excluding hydrogens is 456 g/mol. The van der Waals surface area contributed by atoms with Crippen LogP contribution in [0.1, 0.15) is 24.1 Å².